The van der Waals surface area contributed by atoms with E-state index in [-0.39, 0.29) is 29.7 Å². The number of nitrogens with zero attached hydrogens (tertiary/aromatic N) is 1. The molecule has 0 aromatic heterocycles. The summed E-state index contributed by atoms with van der Waals surface area (Å²) in [5, 5.41) is 2.94. The molecule has 2 aromatic rings. The van der Waals surface area contributed by atoms with Crippen LogP contribution in [0.4, 0.5) is 0 Å². The first-order valence-electron chi connectivity index (χ1n) is 10.9. The SMILES string of the molecule is Cc1ccccc1C(=O)N1CCC(C(=O)O[C@@H](C(=O)NC2CC2)c2ccccc2)CC1. The molecule has 0 radical (unpaired) electrons. The lowest BCUT2D eigenvalue weighted by Gasteiger charge is -2.32. The Hall–Kier alpha value is -3.15. The van der Waals surface area contributed by atoms with Crippen LogP contribution in [0.3, 0.4) is 0 Å². The van der Waals surface area contributed by atoms with Crippen molar-refractivity contribution in [1.82, 2.24) is 10.2 Å². The van der Waals surface area contributed by atoms with Gasteiger partial charge < -0.3 is 15.0 Å². The topological polar surface area (TPSA) is 75.7 Å². The third-order valence-electron chi connectivity index (χ3n) is 5.99. The smallest absolute Gasteiger partial charge is 0.310 e. The van der Waals surface area contributed by atoms with Crippen molar-refractivity contribution in [3.05, 3.63) is 71.3 Å². The lowest BCUT2D eigenvalue weighted by Crippen LogP contribution is -2.42. The predicted molar refractivity (Wildman–Crippen MR) is 116 cm³/mol. The number of rotatable bonds is 6. The van der Waals surface area contributed by atoms with Crippen LogP contribution in [-0.2, 0) is 14.3 Å². The largest absolute Gasteiger partial charge is 0.447 e. The van der Waals surface area contributed by atoms with Crippen molar-refractivity contribution in [2.24, 2.45) is 5.92 Å². The summed E-state index contributed by atoms with van der Waals surface area (Å²) in [6.07, 6.45) is 2.05. The van der Waals surface area contributed by atoms with Gasteiger partial charge in [-0.15, -0.1) is 0 Å². The lowest BCUT2D eigenvalue weighted by atomic mass is 9.95. The van der Waals surface area contributed by atoms with E-state index in [1.807, 2.05) is 49.4 Å². The predicted octanol–water partition coefficient (Wildman–Crippen LogP) is 3.41. The minimum Gasteiger partial charge on any atom is -0.447 e. The third-order valence-corrected chi connectivity index (χ3v) is 5.99. The highest BCUT2D eigenvalue weighted by atomic mass is 16.5. The summed E-state index contributed by atoms with van der Waals surface area (Å²) < 4.78 is 5.71. The van der Waals surface area contributed by atoms with Crippen molar-refractivity contribution in [3.8, 4) is 0 Å². The highest BCUT2D eigenvalue weighted by molar-refractivity contribution is 5.95. The Kier molecular flexibility index (Phi) is 6.35. The summed E-state index contributed by atoms with van der Waals surface area (Å²) in [6.45, 7) is 2.92. The van der Waals surface area contributed by atoms with Crippen LogP contribution in [0, 0.1) is 12.8 Å². The van der Waals surface area contributed by atoms with E-state index >= 15 is 0 Å². The molecule has 1 atom stereocenters. The minimum absolute atomic E-state index is 0.00380. The van der Waals surface area contributed by atoms with E-state index < -0.39 is 6.10 Å². The first-order chi connectivity index (χ1) is 15.0. The summed E-state index contributed by atoms with van der Waals surface area (Å²) in [5.74, 6) is -0.964. The normalized spacial score (nSPS) is 17.6. The second kappa shape index (κ2) is 9.33. The van der Waals surface area contributed by atoms with E-state index in [0.717, 1.165) is 18.4 Å². The van der Waals surface area contributed by atoms with Crippen molar-refractivity contribution in [2.75, 3.05) is 13.1 Å². The van der Waals surface area contributed by atoms with Gasteiger partial charge in [-0.05, 0) is 44.2 Å². The molecule has 6 heteroatoms. The van der Waals surface area contributed by atoms with Gasteiger partial charge >= 0.3 is 5.97 Å². The molecule has 2 amide bonds. The van der Waals surface area contributed by atoms with Gasteiger partial charge in [0.05, 0.1) is 5.92 Å². The Morgan fingerprint density at radius 2 is 1.58 bits per heavy atom. The van der Waals surface area contributed by atoms with E-state index in [1.165, 1.54) is 0 Å². The lowest BCUT2D eigenvalue weighted by molar-refractivity contribution is -0.161. The van der Waals surface area contributed by atoms with Gasteiger partial charge in [0.25, 0.3) is 11.8 Å². The number of carbonyl (C=O) groups is 3. The summed E-state index contributed by atoms with van der Waals surface area (Å²) in [7, 11) is 0. The number of ether oxygens (including phenoxy) is 1. The quantitative estimate of drug-likeness (QED) is 0.727. The van der Waals surface area contributed by atoms with Crippen LogP contribution in [0.2, 0.25) is 0 Å². The molecule has 1 aliphatic heterocycles. The summed E-state index contributed by atoms with van der Waals surface area (Å²) >= 11 is 0. The van der Waals surface area contributed by atoms with Gasteiger partial charge in [0.15, 0.2) is 0 Å². The zero-order valence-electron chi connectivity index (χ0n) is 17.8. The molecule has 2 fully saturated rings. The van der Waals surface area contributed by atoms with Crippen LogP contribution in [-0.4, -0.2) is 41.8 Å². The molecule has 0 spiro atoms. The van der Waals surface area contributed by atoms with Gasteiger partial charge in [0.1, 0.15) is 0 Å². The van der Waals surface area contributed by atoms with Crippen LogP contribution >= 0.6 is 0 Å². The van der Waals surface area contributed by atoms with Crippen LogP contribution in [0.25, 0.3) is 0 Å². The monoisotopic (exact) mass is 420 g/mol. The van der Waals surface area contributed by atoms with Crippen molar-refractivity contribution in [1.29, 1.82) is 0 Å². The Balaban J connectivity index is 1.37. The van der Waals surface area contributed by atoms with Crippen molar-refractivity contribution in [3.63, 3.8) is 0 Å². The molecule has 0 unspecified atom stereocenters. The molecule has 31 heavy (non-hydrogen) atoms. The number of benzene rings is 2. The Labute approximate surface area is 182 Å². The molecule has 6 nitrogen and oxygen atoms in total. The summed E-state index contributed by atoms with van der Waals surface area (Å²) in [5.41, 5.74) is 2.31. The standard InChI is InChI=1S/C25H28N2O4/c1-17-7-5-6-10-21(17)24(29)27-15-13-19(14-16-27)25(30)31-22(18-8-3-2-4-9-18)23(28)26-20-11-12-20/h2-10,19-20,22H,11-16H2,1H3,(H,26,28)/t22-/m1/s1. The third kappa shape index (κ3) is 5.13. The average molecular weight is 421 g/mol. The van der Waals surface area contributed by atoms with E-state index in [2.05, 4.69) is 5.32 Å². The molecule has 2 aromatic carbocycles. The van der Waals surface area contributed by atoms with Crippen LogP contribution in [0.5, 0.6) is 0 Å². The fourth-order valence-electron chi connectivity index (χ4n) is 3.92. The van der Waals surface area contributed by atoms with Crippen LogP contribution in [0.15, 0.2) is 54.6 Å². The molecule has 1 heterocycles. The van der Waals surface area contributed by atoms with Crippen LogP contribution in [0.1, 0.15) is 53.3 Å². The van der Waals surface area contributed by atoms with E-state index in [4.69, 9.17) is 4.74 Å². The number of amides is 2. The number of hydrogen-bond acceptors (Lipinski definition) is 4. The number of esters is 1. The maximum absolute atomic E-state index is 12.9. The number of aryl methyl sites for hydroxylation is 1. The molecule has 1 saturated heterocycles. The van der Waals surface area contributed by atoms with E-state index in [1.54, 1.807) is 17.0 Å². The van der Waals surface area contributed by atoms with E-state index in [0.29, 0.717) is 37.1 Å². The Morgan fingerprint density at radius 1 is 0.935 bits per heavy atom. The molecule has 0 bridgehead atoms. The molecule has 2 aliphatic rings. The van der Waals surface area contributed by atoms with Gasteiger partial charge in [0.2, 0.25) is 6.10 Å². The second-order valence-electron chi connectivity index (χ2n) is 8.39. The minimum atomic E-state index is -0.944. The second-order valence-corrected chi connectivity index (χ2v) is 8.39. The van der Waals surface area contributed by atoms with Gasteiger partial charge in [-0.2, -0.15) is 0 Å². The number of hydrogen-bond donors (Lipinski definition) is 1. The zero-order valence-corrected chi connectivity index (χ0v) is 17.8. The number of likely N-dealkylation sites (tertiary alicyclic amines) is 1. The van der Waals surface area contributed by atoms with Crippen molar-refractivity contribution in [2.45, 2.75) is 44.8 Å². The average Bonchev–Trinajstić information content (AvgIpc) is 3.62. The number of carbonyl (C=O) groups excluding carboxylic acids is 3. The van der Waals surface area contributed by atoms with Gasteiger partial charge in [-0.25, -0.2) is 0 Å². The zero-order chi connectivity index (χ0) is 21.8. The van der Waals surface area contributed by atoms with E-state index in [9.17, 15) is 14.4 Å². The molecule has 4 rings (SSSR count). The Morgan fingerprint density at radius 3 is 2.23 bits per heavy atom. The highest BCUT2D eigenvalue weighted by Crippen LogP contribution is 2.27. The Bertz CT molecular complexity index is 947. The van der Waals surface area contributed by atoms with Gasteiger partial charge in [0, 0.05) is 30.3 Å². The van der Waals surface area contributed by atoms with Crippen LogP contribution < -0.4 is 5.32 Å². The molecular weight excluding hydrogens is 392 g/mol. The number of piperidine rings is 1. The fraction of sp³-hybridized carbons (Fsp3) is 0.400. The molecule has 1 saturated carbocycles. The number of nitrogens with one attached hydrogen (secondary N) is 1. The maximum atomic E-state index is 12.9. The fourth-order valence-corrected chi connectivity index (χ4v) is 3.92. The molecule has 162 valence electrons. The molecule has 1 N–H and O–H groups in total. The highest BCUT2D eigenvalue weighted by Gasteiger charge is 2.34. The van der Waals surface area contributed by atoms with Crippen molar-refractivity contribution >= 4 is 17.8 Å². The van der Waals surface area contributed by atoms with Gasteiger partial charge in [-0.3, -0.25) is 14.4 Å². The molecule has 1 aliphatic carbocycles. The summed E-state index contributed by atoms with van der Waals surface area (Å²) in [4.78, 5) is 40.2. The maximum Gasteiger partial charge on any atom is 0.310 e. The van der Waals surface area contributed by atoms with Gasteiger partial charge in [-0.1, -0.05) is 48.5 Å². The summed E-state index contributed by atoms with van der Waals surface area (Å²) in [6, 6.07) is 16.8. The molecular formula is C25H28N2O4. The first-order valence-corrected chi connectivity index (χ1v) is 10.9. The first kappa shape index (κ1) is 21.1. The van der Waals surface area contributed by atoms with Crippen molar-refractivity contribution < 1.29 is 19.1 Å².